The molecule has 4 rings (SSSR count). The monoisotopic (exact) mass is 448 g/mol. The molecule has 2 aromatic carbocycles. The average molecular weight is 448 g/mol. The number of aromatic nitrogens is 4. The van der Waals surface area contributed by atoms with Gasteiger partial charge in [-0.2, -0.15) is 28.6 Å². The summed E-state index contributed by atoms with van der Waals surface area (Å²) in [6, 6.07) is 15.0. The van der Waals surface area contributed by atoms with Gasteiger partial charge in [-0.25, -0.2) is 4.98 Å². The summed E-state index contributed by atoms with van der Waals surface area (Å²) in [6.07, 6.45) is -1.15. The highest BCUT2D eigenvalue weighted by molar-refractivity contribution is 6.05. The second kappa shape index (κ2) is 8.55. The molecule has 0 aliphatic heterocycles. The molecule has 0 saturated carbocycles. The fraction of sp³-hybridized carbons (Fsp3) is 0.0870. The van der Waals surface area contributed by atoms with Crippen molar-refractivity contribution in [3.63, 3.8) is 0 Å². The minimum absolute atomic E-state index is 0.124. The van der Waals surface area contributed by atoms with Gasteiger partial charge in [-0.15, -0.1) is 4.80 Å². The largest absolute Gasteiger partial charge is 0.420 e. The molecular weight excluding hydrogens is 433 g/mol. The van der Waals surface area contributed by atoms with Crippen LogP contribution in [-0.4, -0.2) is 25.9 Å². The highest BCUT2D eigenvalue weighted by atomic mass is 19.4. The van der Waals surface area contributed by atoms with Gasteiger partial charge in [-0.3, -0.25) is 4.79 Å². The summed E-state index contributed by atoms with van der Waals surface area (Å²) in [5.74, 6) is -1.09. The smallest absolute Gasteiger partial charge is 0.321 e. The number of hydrogen-bond donors (Lipinski definition) is 1. The summed E-state index contributed by atoms with van der Waals surface area (Å²) >= 11 is 0. The maximum absolute atomic E-state index is 13.6. The van der Waals surface area contributed by atoms with Crippen molar-refractivity contribution >= 4 is 11.6 Å². The minimum Gasteiger partial charge on any atom is -0.321 e. The van der Waals surface area contributed by atoms with Crippen LogP contribution < -0.4 is 5.32 Å². The number of nitrogens with one attached hydrogen (secondary N) is 1. The zero-order valence-corrected chi connectivity index (χ0v) is 17.1. The summed E-state index contributed by atoms with van der Waals surface area (Å²) in [7, 11) is 0. The van der Waals surface area contributed by atoms with Gasteiger partial charge in [-0.1, -0.05) is 30.3 Å². The van der Waals surface area contributed by atoms with Crippen molar-refractivity contribution in [3.8, 4) is 23.0 Å². The Hall–Kier alpha value is -4.52. The second-order valence-electron chi connectivity index (χ2n) is 7.05. The Kier molecular flexibility index (Phi) is 5.62. The Bertz CT molecular complexity index is 1370. The van der Waals surface area contributed by atoms with Crippen molar-refractivity contribution in [1.29, 1.82) is 5.26 Å². The maximum atomic E-state index is 13.6. The molecule has 0 aliphatic rings. The van der Waals surface area contributed by atoms with Crippen molar-refractivity contribution in [1.82, 2.24) is 20.0 Å². The lowest BCUT2D eigenvalue weighted by Crippen LogP contribution is -2.17. The standard InChI is InChI=1S/C23H15F3N6O/c1-14-10-15(19-5-3-2-4-16(19)12-27)6-7-18(14)22(33)31-17-11-20(23(24,25)26)21(28-13-17)32-29-8-9-30-32/h2-11,13H,1H3,(H,31,33). The molecule has 0 bridgehead atoms. The van der Waals surface area contributed by atoms with E-state index in [0.717, 1.165) is 28.2 Å². The third-order valence-electron chi connectivity index (χ3n) is 4.87. The topological polar surface area (TPSA) is 96.5 Å². The highest BCUT2D eigenvalue weighted by Crippen LogP contribution is 2.34. The van der Waals surface area contributed by atoms with Gasteiger partial charge in [0.2, 0.25) is 0 Å². The van der Waals surface area contributed by atoms with E-state index in [1.165, 1.54) is 12.4 Å². The van der Waals surface area contributed by atoms with Crippen LogP contribution in [0.1, 0.15) is 27.0 Å². The fourth-order valence-electron chi connectivity index (χ4n) is 3.34. The fourth-order valence-corrected chi connectivity index (χ4v) is 3.34. The lowest BCUT2D eigenvalue weighted by Gasteiger charge is -2.14. The van der Waals surface area contributed by atoms with E-state index in [9.17, 15) is 23.2 Å². The summed E-state index contributed by atoms with van der Waals surface area (Å²) < 4.78 is 40.7. The van der Waals surface area contributed by atoms with E-state index >= 15 is 0 Å². The van der Waals surface area contributed by atoms with E-state index in [-0.39, 0.29) is 11.3 Å². The molecular formula is C23H15F3N6O. The number of alkyl halides is 3. The molecule has 7 nitrogen and oxygen atoms in total. The van der Waals surface area contributed by atoms with E-state index < -0.39 is 23.5 Å². The van der Waals surface area contributed by atoms with Crippen molar-refractivity contribution < 1.29 is 18.0 Å². The summed E-state index contributed by atoms with van der Waals surface area (Å²) in [5.41, 5.74) is 1.62. The quantitative estimate of drug-likeness (QED) is 0.485. The van der Waals surface area contributed by atoms with E-state index in [1.807, 2.05) is 0 Å². The first-order chi connectivity index (χ1) is 15.8. The second-order valence-corrected chi connectivity index (χ2v) is 7.05. The molecule has 0 fully saturated rings. The van der Waals surface area contributed by atoms with Gasteiger partial charge in [-0.05, 0) is 41.8 Å². The number of nitrogens with zero attached hydrogens (tertiary/aromatic N) is 5. The highest BCUT2D eigenvalue weighted by Gasteiger charge is 2.36. The molecule has 164 valence electrons. The molecule has 10 heteroatoms. The Morgan fingerprint density at radius 3 is 2.48 bits per heavy atom. The third-order valence-corrected chi connectivity index (χ3v) is 4.87. The van der Waals surface area contributed by atoms with Crippen LogP contribution in [-0.2, 0) is 6.18 Å². The van der Waals surface area contributed by atoms with Gasteiger partial charge < -0.3 is 5.32 Å². The van der Waals surface area contributed by atoms with Gasteiger partial charge in [0.25, 0.3) is 5.91 Å². The number of anilines is 1. The lowest BCUT2D eigenvalue weighted by molar-refractivity contribution is -0.137. The Labute approximate surface area is 186 Å². The van der Waals surface area contributed by atoms with Gasteiger partial charge in [0, 0.05) is 5.56 Å². The number of carbonyl (C=O) groups excluding carboxylic acids is 1. The normalized spacial score (nSPS) is 11.1. The molecule has 0 aliphatic carbocycles. The van der Waals surface area contributed by atoms with Crippen molar-refractivity contribution in [2.24, 2.45) is 0 Å². The van der Waals surface area contributed by atoms with Crippen LogP contribution in [0.2, 0.25) is 0 Å². The molecule has 1 amide bonds. The van der Waals surface area contributed by atoms with Gasteiger partial charge >= 0.3 is 6.18 Å². The number of nitriles is 1. The van der Waals surface area contributed by atoms with Crippen LogP contribution >= 0.6 is 0 Å². The van der Waals surface area contributed by atoms with Crippen molar-refractivity contribution in [3.05, 3.63) is 89.4 Å². The zero-order chi connectivity index (χ0) is 23.6. The van der Waals surface area contributed by atoms with Crippen molar-refractivity contribution in [2.75, 3.05) is 5.32 Å². The molecule has 0 spiro atoms. The van der Waals surface area contributed by atoms with Crippen LogP contribution in [0.3, 0.4) is 0 Å². The number of rotatable bonds is 4. The number of halogens is 3. The van der Waals surface area contributed by atoms with E-state index in [1.54, 1.807) is 49.4 Å². The Morgan fingerprint density at radius 1 is 1.09 bits per heavy atom. The SMILES string of the molecule is Cc1cc(-c2ccccc2C#N)ccc1C(=O)Nc1cnc(-n2nccn2)c(C(F)(F)F)c1. The average Bonchev–Trinajstić information content (AvgIpc) is 3.33. The van der Waals surface area contributed by atoms with E-state index in [2.05, 4.69) is 26.6 Å². The number of hydrogen-bond acceptors (Lipinski definition) is 5. The van der Waals surface area contributed by atoms with Gasteiger partial charge in [0.05, 0.1) is 35.9 Å². The molecule has 0 atom stereocenters. The molecule has 1 N–H and O–H groups in total. The number of aryl methyl sites for hydroxylation is 1. The third kappa shape index (κ3) is 4.43. The van der Waals surface area contributed by atoms with Gasteiger partial charge in [0.15, 0.2) is 5.82 Å². The predicted molar refractivity (Wildman–Crippen MR) is 113 cm³/mol. The van der Waals surface area contributed by atoms with E-state index in [0.29, 0.717) is 11.1 Å². The van der Waals surface area contributed by atoms with Crippen LogP contribution in [0.5, 0.6) is 0 Å². The Balaban J connectivity index is 1.63. The first kappa shape index (κ1) is 21.7. The molecule has 2 heterocycles. The van der Waals surface area contributed by atoms with Crippen LogP contribution in [0.4, 0.5) is 18.9 Å². The molecule has 0 saturated heterocycles. The number of carbonyl (C=O) groups is 1. The number of benzene rings is 2. The zero-order valence-electron chi connectivity index (χ0n) is 17.1. The molecule has 2 aromatic heterocycles. The summed E-state index contributed by atoms with van der Waals surface area (Å²) in [5, 5.41) is 19.2. The molecule has 0 radical (unpaired) electrons. The predicted octanol–water partition coefficient (Wildman–Crippen LogP) is 4.78. The van der Waals surface area contributed by atoms with Crippen LogP contribution in [0, 0.1) is 18.3 Å². The molecule has 4 aromatic rings. The maximum Gasteiger partial charge on any atom is 0.420 e. The molecule has 0 unspecified atom stereocenters. The molecule has 33 heavy (non-hydrogen) atoms. The lowest BCUT2D eigenvalue weighted by atomic mass is 9.96. The van der Waals surface area contributed by atoms with E-state index in [4.69, 9.17) is 0 Å². The first-order valence-corrected chi connectivity index (χ1v) is 9.63. The first-order valence-electron chi connectivity index (χ1n) is 9.63. The minimum atomic E-state index is -4.73. The summed E-state index contributed by atoms with van der Waals surface area (Å²) in [6.45, 7) is 1.71. The Morgan fingerprint density at radius 2 is 1.82 bits per heavy atom. The van der Waals surface area contributed by atoms with Crippen molar-refractivity contribution in [2.45, 2.75) is 13.1 Å². The van der Waals surface area contributed by atoms with Gasteiger partial charge in [0.1, 0.15) is 5.56 Å². The van der Waals surface area contributed by atoms with Crippen LogP contribution in [0.25, 0.3) is 16.9 Å². The van der Waals surface area contributed by atoms with Crippen LogP contribution in [0.15, 0.2) is 67.1 Å². The number of amides is 1. The summed E-state index contributed by atoms with van der Waals surface area (Å²) in [4.78, 5) is 17.3. The number of pyridine rings is 1.